The van der Waals surface area contributed by atoms with E-state index in [1.54, 1.807) is 56.6 Å². The number of halogens is 1. The molecule has 1 saturated carbocycles. The van der Waals surface area contributed by atoms with Gasteiger partial charge < -0.3 is 15.0 Å². The van der Waals surface area contributed by atoms with Gasteiger partial charge in [0.2, 0.25) is 11.8 Å². The lowest BCUT2D eigenvalue weighted by atomic mass is 10.2. The summed E-state index contributed by atoms with van der Waals surface area (Å²) >= 11 is 1.24. The Kier molecular flexibility index (Phi) is 6.93. The van der Waals surface area contributed by atoms with Crippen LogP contribution in [0.5, 0.6) is 5.75 Å². The topological polar surface area (TPSA) is 89.3 Å². The van der Waals surface area contributed by atoms with Crippen molar-refractivity contribution in [3.8, 4) is 17.1 Å². The zero-order valence-electron chi connectivity index (χ0n) is 18.3. The van der Waals surface area contributed by atoms with E-state index in [0.717, 1.165) is 12.8 Å². The van der Waals surface area contributed by atoms with E-state index < -0.39 is 0 Å². The monoisotopic (exact) mass is 469 g/mol. The first-order chi connectivity index (χ1) is 16.0. The van der Waals surface area contributed by atoms with Crippen LogP contribution in [0.25, 0.3) is 11.4 Å². The number of carbonyl (C=O) groups is 2. The van der Waals surface area contributed by atoms with Crippen molar-refractivity contribution in [2.45, 2.75) is 24.0 Å². The Morgan fingerprint density at radius 2 is 2.00 bits per heavy atom. The molecular formula is C23H24FN5O3S. The summed E-state index contributed by atoms with van der Waals surface area (Å²) in [5, 5.41) is 11.7. The number of nitrogens with one attached hydrogen (secondary N) is 1. The summed E-state index contributed by atoms with van der Waals surface area (Å²) in [6.07, 6.45) is 1.93. The zero-order chi connectivity index (χ0) is 23.4. The Morgan fingerprint density at radius 1 is 1.21 bits per heavy atom. The molecule has 172 valence electrons. The number of thioether (sulfide) groups is 1. The molecule has 4 rings (SSSR count). The third-order valence-corrected chi connectivity index (χ3v) is 6.10. The number of methoxy groups -OCH3 is 1. The first-order valence-electron chi connectivity index (χ1n) is 10.5. The summed E-state index contributed by atoms with van der Waals surface area (Å²) in [4.78, 5) is 26.3. The maximum absolute atomic E-state index is 14.3. The molecule has 1 fully saturated rings. The van der Waals surface area contributed by atoms with E-state index in [1.807, 2.05) is 4.57 Å². The highest BCUT2D eigenvalue weighted by Gasteiger charge is 2.31. The Balaban J connectivity index is 1.36. The van der Waals surface area contributed by atoms with E-state index >= 15 is 0 Å². The molecule has 1 N–H and O–H groups in total. The van der Waals surface area contributed by atoms with E-state index in [0.29, 0.717) is 28.0 Å². The fourth-order valence-electron chi connectivity index (χ4n) is 3.30. The van der Waals surface area contributed by atoms with Crippen molar-refractivity contribution < 1.29 is 18.7 Å². The highest BCUT2D eigenvalue weighted by Crippen LogP contribution is 2.41. The fraction of sp³-hybridized carbons (Fsp3) is 0.304. The number of benzene rings is 2. The van der Waals surface area contributed by atoms with Crippen molar-refractivity contribution >= 4 is 29.3 Å². The predicted octanol–water partition coefficient (Wildman–Crippen LogP) is 3.62. The molecule has 2 aromatic carbocycles. The summed E-state index contributed by atoms with van der Waals surface area (Å²) < 4.78 is 21.3. The second kappa shape index (κ2) is 10.0. The van der Waals surface area contributed by atoms with Crippen LogP contribution in [0.1, 0.15) is 18.9 Å². The van der Waals surface area contributed by atoms with Crippen molar-refractivity contribution in [2.24, 2.45) is 0 Å². The summed E-state index contributed by atoms with van der Waals surface area (Å²) in [6, 6.07) is 13.7. The molecule has 0 radical (unpaired) electrons. The van der Waals surface area contributed by atoms with Gasteiger partial charge in [-0.25, -0.2) is 4.39 Å². The molecule has 10 heteroatoms. The zero-order valence-corrected chi connectivity index (χ0v) is 19.1. The van der Waals surface area contributed by atoms with Crippen molar-refractivity contribution in [1.29, 1.82) is 0 Å². The normalized spacial score (nSPS) is 12.9. The molecule has 0 spiro atoms. The van der Waals surface area contributed by atoms with Gasteiger partial charge in [0.05, 0.1) is 25.0 Å². The van der Waals surface area contributed by atoms with Crippen LogP contribution in [0, 0.1) is 5.82 Å². The molecule has 1 heterocycles. The second-order valence-corrected chi connectivity index (χ2v) is 8.65. The Bertz CT molecular complexity index is 1160. The summed E-state index contributed by atoms with van der Waals surface area (Å²) in [5.41, 5.74) is 0.981. The summed E-state index contributed by atoms with van der Waals surface area (Å²) in [6.45, 7) is -0.0909. The van der Waals surface area contributed by atoms with E-state index in [4.69, 9.17) is 4.74 Å². The molecule has 1 aliphatic carbocycles. The first-order valence-corrected chi connectivity index (χ1v) is 11.4. The standard InChI is InChI=1S/C23H24FN5O3S/c1-28(13-20(30)25-15-6-5-7-17(12-15)32-2)21(31)14-33-23-27-26-22(29(23)16-10-11-16)18-8-3-4-9-19(18)24/h3-9,12,16H,10-11,13-14H2,1-2H3,(H,25,30). The molecule has 0 unspecified atom stereocenters. The SMILES string of the molecule is COc1cccc(NC(=O)CN(C)C(=O)CSc2nnc(-c3ccccc3F)n2C2CC2)c1. The van der Waals surface area contributed by atoms with E-state index in [2.05, 4.69) is 15.5 Å². The lowest BCUT2D eigenvalue weighted by Gasteiger charge is -2.17. The number of amides is 2. The van der Waals surface area contributed by atoms with Crippen molar-refractivity contribution in [1.82, 2.24) is 19.7 Å². The number of ether oxygens (including phenoxy) is 1. The van der Waals surface area contributed by atoms with Gasteiger partial charge in [-0.1, -0.05) is 30.0 Å². The molecule has 0 aliphatic heterocycles. The Morgan fingerprint density at radius 3 is 2.73 bits per heavy atom. The van der Waals surface area contributed by atoms with Gasteiger partial charge in [-0.15, -0.1) is 10.2 Å². The lowest BCUT2D eigenvalue weighted by Crippen LogP contribution is -2.36. The van der Waals surface area contributed by atoms with Crippen LogP contribution in [0.15, 0.2) is 53.7 Å². The van der Waals surface area contributed by atoms with E-state index in [1.165, 1.54) is 22.7 Å². The summed E-state index contributed by atoms with van der Waals surface area (Å²) in [7, 11) is 3.12. The smallest absolute Gasteiger partial charge is 0.243 e. The lowest BCUT2D eigenvalue weighted by molar-refractivity contribution is -0.131. The number of hydrogen-bond donors (Lipinski definition) is 1. The molecular weight excluding hydrogens is 445 g/mol. The van der Waals surface area contributed by atoms with Gasteiger partial charge in [-0.2, -0.15) is 0 Å². The largest absolute Gasteiger partial charge is 0.497 e. The molecule has 0 atom stereocenters. The van der Waals surface area contributed by atoms with Gasteiger partial charge >= 0.3 is 0 Å². The average molecular weight is 470 g/mol. The quantitative estimate of drug-likeness (QED) is 0.482. The number of nitrogens with zero attached hydrogens (tertiary/aromatic N) is 4. The minimum absolute atomic E-state index is 0.0884. The molecule has 8 nitrogen and oxygen atoms in total. The van der Waals surface area contributed by atoms with Crippen LogP contribution in [0.3, 0.4) is 0 Å². The van der Waals surface area contributed by atoms with Gasteiger partial charge in [-0.3, -0.25) is 14.2 Å². The van der Waals surface area contributed by atoms with Crippen molar-refractivity contribution in [2.75, 3.05) is 31.8 Å². The Hall–Kier alpha value is -3.40. The molecule has 3 aromatic rings. The third-order valence-electron chi connectivity index (χ3n) is 5.18. The molecule has 2 amide bonds. The van der Waals surface area contributed by atoms with Gasteiger partial charge in [-0.05, 0) is 37.1 Å². The molecule has 0 bridgehead atoms. The Labute approximate surface area is 195 Å². The highest BCUT2D eigenvalue weighted by atomic mass is 32.2. The van der Waals surface area contributed by atoms with Gasteiger partial charge in [0.1, 0.15) is 11.6 Å². The maximum atomic E-state index is 14.3. The number of aromatic nitrogens is 3. The molecule has 1 aromatic heterocycles. The number of rotatable bonds is 9. The first kappa shape index (κ1) is 22.8. The van der Waals surface area contributed by atoms with Gasteiger partial charge in [0.25, 0.3) is 0 Å². The van der Waals surface area contributed by atoms with Gasteiger partial charge in [0.15, 0.2) is 11.0 Å². The number of carbonyl (C=O) groups excluding carboxylic acids is 2. The third kappa shape index (κ3) is 5.51. The molecule has 0 saturated heterocycles. The van der Waals surface area contributed by atoms with Crippen LogP contribution >= 0.6 is 11.8 Å². The van der Waals surface area contributed by atoms with Crippen LogP contribution in [-0.4, -0.2) is 57.9 Å². The van der Waals surface area contributed by atoms with E-state index in [9.17, 15) is 14.0 Å². The average Bonchev–Trinajstić information content (AvgIpc) is 3.56. The number of hydrogen-bond acceptors (Lipinski definition) is 6. The van der Waals surface area contributed by atoms with Crippen molar-refractivity contribution in [3.05, 3.63) is 54.3 Å². The van der Waals surface area contributed by atoms with Crippen LogP contribution in [0.4, 0.5) is 10.1 Å². The van der Waals surface area contributed by atoms with Crippen LogP contribution in [0.2, 0.25) is 0 Å². The van der Waals surface area contributed by atoms with E-state index in [-0.39, 0.29) is 36.0 Å². The molecule has 33 heavy (non-hydrogen) atoms. The fourth-order valence-corrected chi connectivity index (χ4v) is 4.25. The van der Waals surface area contributed by atoms with Crippen LogP contribution < -0.4 is 10.1 Å². The summed E-state index contributed by atoms with van der Waals surface area (Å²) in [5.74, 6) is 0.289. The van der Waals surface area contributed by atoms with Gasteiger partial charge in [0, 0.05) is 24.8 Å². The minimum atomic E-state index is -0.360. The number of anilines is 1. The number of likely N-dealkylation sites (N-methyl/N-ethyl adjacent to an activating group) is 1. The predicted molar refractivity (Wildman–Crippen MR) is 124 cm³/mol. The maximum Gasteiger partial charge on any atom is 0.243 e. The van der Waals surface area contributed by atoms with Crippen LogP contribution in [-0.2, 0) is 9.59 Å². The van der Waals surface area contributed by atoms with Crippen molar-refractivity contribution in [3.63, 3.8) is 0 Å². The minimum Gasteiger partial charge on any atom is -0.497 e. The molecule has 1 aliphatic rings. The highest BCUT2D eigenvalue weighted by molar-refractivity contribution is 7.99. The second-order valence-electron chi connectivity index (χ2n) is 7.71.